The first-order valence-corrected chi connectivity index (χ1v) is 4.91. The minimum absolute atomic E-state index is 0.0195. The first-order chi connectivity index (χ1) is 7.56. The molecule has 1 atom stereocenters. The summed E-state index contributed by atoms with van der Waals surface area (Å²) in [5.41, 5.74) is 1.19. The molecule has 0 heterocycles. The number of carbonyl (C=O) groups excluding carboxylic acids is 1. The lowest BCUT2D eigenvalue weighted by atomic mass is 10.00. The maximum atomic E-state index is 10.8. The van der Waals surface area contributed by atoms with Crippen LogP contribution < -0.4 is 4.74 Å². The van der Waals surface area contributed by atoms with Crippen LogP contribution in [-0.4, -0.2) is 17.7 Å². The Labute approximate surface area is 94.1 Å². The number of benzene rings is 1. The lowest BCUT2D eigenvalue weighted by molar-refractivity contribution is -0.131. The van der Waals surface area contributed by atoms with E-state index in [1.54, 1.807) is 12.1 Å². The van der Waals surface area contributed by atoms with E-state index in [9.17, 15) is 4.79 Å². The van der Waals surface area contributed by atoms with Crippen molar-refractivity contribution in [1.82, 2.24) is 0 Å². The number of carbonyl (C=O) groups is 1. The van der Waals surface area contributed by atoms with E-state index in [1.165, 1.54) is 13.0 Å². The van der Waals surface area contributed by atoms with Crippen molar-refractivity contribution in [2.24, 2.45) is 0 Å². The fourth-order valence-electron chi connectivity index (χ4n) is 1.30. The van der Waals surface area contributed by atoms with Crippen LogP contribution >= 0.6 is 0 Å². The van der Waals surface area contributed by atoms with Crippen LogP contribution in [0.4, 0.5) is 0 Å². The van der Waals surface area contributed by atoms with Gasteiger partial charge < -0.3 is 9.84 Å². The fraction of sp³-hybridized carbons (Fsp3) is 0.333. The van der Waals surface area contributed by atoms with Crippen molar-refractivity contribution in [2.45, 2.75) is 19.8 Å². The average molecular weight is 219 g/mol. The summed E-state index contributed by atoms with van der Waals surface area (Å²) in [6.45, 7) is 3.11. The number of aliphatic hydroxyl groups is 1. The summed E-state index contributed by atoms with van der Waals surface area (Å²) in [5, 5.41) is 17.9. The molecule has 0 bridgehead atoms. The number of nitriles is 1. The van der Waals surface area contributed by atoms with Gasteiger partial charge in [-0.15, -0.1) is 0 Å². The number of esters is 1. The monoisotopic (exact) mass is 219 g/mol. The molecule has 84 valence electrons. The van der Waals surface area contributed by atoms with E-state index < -0.39 is 5.97 Å². The lowest BCUT2D eigenvalue weighted by Crippen LogP contribution is -2.04. The molecule has 4 nitrogen and oxygen atoms in total. The molecule has 1 aromatic rings. The summed E-state index contributed by atoms with van der Waals surface area (Å²) in [5.74, 6) is -0.192. The second kappa shape index (κ2) is 5.29. The average Bonchev–Trinajstić information content (AvgIpc) is 2.26. The zero-order valence-electron chi connectivity index (χ0n) is 9.23. The molecule has 0 aliphatic heterocycles. The highest BCUT2D eigenvalue weighted by Crippen LogP contribution is 2.23. The molecule has 0 fully saturated rings. The van der Waals surface area contributed by atoms with Gasteiger partial charge in [0.25, 0.3) is 0 Å². The number of nitrogens with zero attached hydrogens (tertiary/aromatic N) is 1. The van der Waals surface area contributed by atoms with E-state index in [2.05, 4.69) is 0 Å². The van der Waals surface area contributed by atoms with Gasteiger partial charge in [0.05, 0.1) is 11.6 Å². The molecule has 0 radical (unpaired) electrons. The smallest absolute Gasteiger partial charge is 0.308 e. The Morgan fingerprint density at radius 2 is 2.25 bits per heavy atom. The minimum atomic E-state index is -0.433. The molecule has 0 aliphatic carbocycles. The maximum Gasteiger partial charge on any atom is 0.308 e. The van der Waals surface area contributed by atoms with E-state index in [0.29, 0.717) is 11.3 Å². The normalized spacial score (nSPS) is 11.6. The predicted octanol–water partition coefficient (Wildman–Crippen LogP) is 1.58. The van der Waals surface area contributed by atoms with Crippen molar-refractivity contribution in [3.63, 3.8) is 0 Å². The standard InChI is InChI=1S/C12H13NO3/c1-8(7-14)11-3-10(6-13)4-12(5-11)16-9(2)15/h3-5,8,14H,7H2,1-2H3. The van der Waals surface area contributed by atoms with Crippen molar-refractivity contribution in [3.05, 3.63) is 29.3 Å². The third kappa shape index (κ3) is 3.07. The van der Waals surface area contributed by atoms with Crippen LogP contribution in [0, 0.1) is 11.3 Å². The summed E-state index contributed by atoms with van der Waals surface area (Å²) < 4.78 is 4.92. The summed E-state index contributed by atoms with van der Waals surface area (Å²) in [4.78, 5) is 10.8. The highest BCUT2D eigenvalue weighted by Gasteiger charge is 2.09. The Hall–Kier alpha value is -1.86. The molecule has 1 aromatic carbocycles. The molecule has 1 rings (SSSR count). The predicted molar refractivity (Wildman–Crippen MR) is 58.0 cm³/mol. The van der Waals surface area contributed by atoms with Crippen molar-refractivity contribution < 1.29 is 14.6 Å². The van der Waals surface area contributed by atoms with Crippen LogP contribution in [0.25, 0.3) is 0 Å². The minimum Gasteiger partial charge on any atom is -0.427 e. The van der Waals surface area contributed by atoms with Crippen LogP contribution in [0.1, 0.15) is 30.9 Å². The Morgan fingerprint density at radius 3 is 2.75 bits per heavy atom. The Bertz CT molecular complexity index is 434. The van der Waals surface area contributed by atoms with Gasteiger partial charge in [0.15, 0.2) is 0 Å². The highest BCUT2D eigenvalue weighted by atomic mass is 16.5. The third-order valence-corrected chi connectivity index (χ3v) is 2.16. The SMILES string of the molecule is CC(=O)Oc1cc(C#N)cc(C(C)CO)c1. The molecular weight excluding hydrogens is 206 g/mol. The van der Waals surface area contributed by atoms with Gasteiger partial charge in [-0.1, -0.05) is 6.92 Å². The van der Waals surface area contributed by atoms with Crippen molar-refractivity contribution in [3.8, 4) is 11.8 Å². The van der Waals surface area contributed by atoms with Crippen LogP contribution in [-0.2, 0) is 4.79 Å². The molecule has 4 heteroatoms. The van der Waals surface area contributed by atoms with Crippen LogP contribution in [0.15, 0.2) is 18.2 Å². The van der Waals surface area contributed by atoms with Gasteiger partial charge >= 0.3 is 5.97 Å². The van der Waals surface area contributed by atoms with E-state index in [1.807, 2.05) is 13.0 Å². The van der Waals surface area contributed by atoms with Crippen molar-refractivity contribution >= 4 is 5.97 Å². The first kappa shape index (κ1) is 12.2. The molecule has 1 unspecified atom stereocenters. The Morgan fingerprint density at radius 1 is 1.56 bits per heavy atom. The third-order valence-electron chi connectivity index (χ3n) is 2.16. The zero-order chi connectivity index (χ0) is 12.1. The summed E-state index contributed by atoms with van der Waals surface area (Å²) in [6.07, 6.45) is 0. The van der Waals surface area contributed by atoms with Gasteiger partial charge in [0, 0.05) is 19.4 Å². The number of rotatable bonds is 3. The molecule has 0 spiro atoms. The van der Waals surface area contributed by atoms with Crippen LogP contribution in [0.2, 0.25) is 0 Å². The van der Waals surface area contributed by atoms with E-state index in [-0.39, 0.29) is 12.5 Å². The van der Waals surface area contributed by atoms with E-state index >= 15 is 0 Å². The van der Waals surface area contributed by atoms with Crippen LogP contribution in [0.5, 0.6) is 5.75 Å². The largest absolute Gasteiger partial charge is 0.427 e. The molecule has 0 aromatic heterocycles. The Balaban J connectivity index is 3.11. The van der Waals surface area contributed by atoms with Crippen molar-refractivity contribution in [1.29, 1.82) is 5.26 Å². The molecule has 1 N–H and O–H groups in total. The zero-order valence-corrected chi connectivity index (χ0v) is 9.23. The summed E-state index contributed by atoms with van der Waals surface area (Å²) >= 11 is 0. The van der Waals surface area contributed by atoms with Gasteiger partial charge in [-0.3, -0.25) is 4.79 Å². The maximum absolute atomic E-state index is 10.8. The number of hydrogen-bond acceptors (Lipinski definition) is 4. The summed E-state index contributed by atoms with van der Waals surface area (Å²) in [6, 6.07) is 6.81. The second-order valence-corrected chi connectivity index (χ2v) is 3.58. The van der Waals surface area contributed by atoms with E-state index in [4.69, 9.17) is 15.1 Å². The second-order valence-electron chi connectivity index (χ2n) is 3.58. The van der Waals surface area contributed by atoms with Crippen LogP contribution in [0.3, 0.4) is 0 Å². The molecule has 0 amide bonds. The van der Waals surface area contributed by atoms with Gasteiger partial charge in [-0.05, 0) is 23.8 Å². The quantitative estimate of drug-likeness (QED) is 0.619. The lowest BCUT2D eigenvalue weighted by Gasteiger charge is -2.10. The number of aliphatic hydroxyl groups excluding tert-OH is 1. The number of hydrogen-bond donors (Lipinski definition) is 1. The molecule has 16 heavy (non-hydrogen) atoms. The van der Waals surface area contributed by atoms with Crippen molar-refractivity contribution in [2.75, 3.05) is 6.61 Å². The topological polar surface area (TPSA) is 70.3 Å². The molecule has 0 aliphatic rings. The molecular formula is C12H13NO3. The van der Waals surface area contributed by atoms with Gasteiger partial charge in [0.2, 0.25) is 0 Å². The molecule has 0 saturated carbocycles. The van der Waals surface area contributed by atoms with Gasteiger partial charge in [-0.2, -0.15) is 5.26 Å². The highest BCUT2D eigenvalue weighted by molar-refractivity contribution is 5.69. The fourth-order valence-corrected chi connectivity index (χ4v) is 1.30. The number of ether oxygens (including phenoxy) is 1. The van der Waals surface area contributed by atoms with Gasteiger partial charge in [0.1, 0.15) is 5.75 Å². The van der Waals surface area contributed by atoms with E-state index in [0.717, 1.165) is 5.56 Å². The molecule has 0 saturated heterocycles. The summed E-state index contributed by atoms with van der Waals surface area (Å²) in [7, 11) is 0. The Kier molecular flexibility index (Phi) is 4.03. The van der Waals surface area contributed by atoms with Gasteiger partial charge in [-0.25, -0.2) is 0 Å². The first-order valence-electron chi connectivity index (χ1n) is 4.91.